The first kappa shape index (κ1) is 12.7. The molecule has 1 aliphatic carbocycles. The van der Waals surface area contributed by atoms with Crippen LogP contribution >= 0.6 is 11.8 Å². The minimum Gasteiger partial charge on any atom is -0.384 e. The largest absolute Gasteiger partial charge is 0.384 e. The van der Waals surface area contributed by atoms with Crippen molar-refractivity contribution in [3.05, 3.63) is 0 Å². The normalized spacial score (nSPS) is 29.4. The number of hydrogen-bond acceptors (Lipinski definition) is 3. The van der Waals surface area contributed by atoms with E-state index in [2.05, 4.69) is 17.1 Å². The standard InChI is InChI=1S/C13H25NOS/c1-15-11-13(6-2-3-7-13)10-14-12-5-4-8-16-9-12/h12,14H,2-11H2,1H3/t12-/m1/s1. The van der Waals surface area contributed by atoms with E-state index in [1.165, 1.54) is 56.6 Å². The third-order valence-corrected chi connectivity index (χ3v) is 5.26. The van der Waals surface area contributed by atoms with Gasteiger partial charge in [-0.05, 0) is 31.4 Å². The summed E-state index contributed by atoms with van der Waals surface area (Å²) >= 11 is 2.10. The van der Waals surface area contributed by atoms with Crippen LogP contribution in [0.1, 0.15) is 38.5 Å². The molecule has 1 N–H and O–H groups in total. The van der Waals surface area contributed by atoms with Gasteiger partial charge in [-0.2, -0.15) is 11.8 Å². The van der Waals surface area contributed by atoms with Crippen molar-refractivity contribution in [1.29, 1.82) is 0 Å². The van der Waals surface area contributed by atoms with Gasteiger partial charge in [0.05, 0.1) is 6.61 Å². The van der Waals surface area contributed by atoms with Crippen molar-refractivity contribution in [1.82, 2.24) is 5.32 Å². The molecule has 1 saturated heterocycles. The van der Waals surface area contributed by atoms with E-state index in [4.69, 9.17) is 4.74 Å². The third kappa shape index (κ3) is 3.38. The molecule has 2 nitrogen and oxygen atoms in total. The van der Waals surface area contributed by atoms with Gasteiger partial charge in [0.1, 0.15) is 0 Å². The molecule has 0 aromatic heterocycles. The maximum Gasteiger partial charge on any atom is 0.0530 e. The number of rotatable bonds is 5. The average molecular weight is 243 g/mol. The molecule has 2 aliphatic rings. The highest BCUT2D eigenvalue weighted by atomic mass is 32.2. The zero-order chi connectivity index (χ0) is 11.3. The first-order valence-corrected chi connectivity index (χ1v) is 7.80. The van der Waals surface area contributed by atoms with Crippen LogP contribution in [0, 0.1) is 5.41 Å². The Bertz CT molecular complexity index is 198. The SMILES string of the molecule is COCC1(CN[C@@H]2CCCSC2)CCCC1. The van der Waals surface area contributed by atoms with Crippen molar-refractivity contribution in [3.63, 3.8) is 0 Å². The second-order valence-electron chi connectivity index (χ2n) is 5.44. The van der Waals surface area contributed by atoms with Crippen molar-refractivity contribution in [3.8, 4) is 0 Å². The van der Waals surface area contributed by atoms with Gasteiger partial charge in [-0.3, -0.25) is 0 Å². The summed E-state index contributed by atoms with van der Waals surface area (Å²) in [4.78, 5) is 0. The molecule has 0 amide bonds. The number of ether oxygens (including phenoxy) is 1. The summed E-state index contributed by atoms with van der Waals surface area (Å²) in [5, 5.41) is 3.79. The molecular formula is C13H25NOS. The molecule has 1 atom stereocenters. The molecule has 0 aromatic rings. The number of thioether (sulfide) groups is 1. The zero-order valence-electron chi connectivity index (χ0n) is 10.5. The molecule has 1 saturated carbocycles. The molecule has 1 heterocycles. The fourth-order valence-electron chi connectivity index (χ4n) is 3.07. The van der Waals surface area contributed by atoms with Crippen LogP contribution in [0.3, 0.4) is 0 Å². The van der Waals surface area contributed by atoms with E-state index in [1.807, 2.05) is 7.11 Å². The van der Waals surface area contributed by atoms with Gasteiger partial charge in [-0.15, -0.1) is 0 Å². The lowest BCUT2D eigenvalue weighted by Gasteiger charge is -2.32. The summed E-state index contributed by atoms with van der Waals surface area (Å²) in [6.07, 6.45) is 8.26. The lowest BCUT2D eigenvalue weighted by molar-refractivity contribution is 0.0806. The summed E-state index contributed by atoms with van der Waals surface area (Å²) in [5.74, 6) is 2.67. The van der Waals surface area contributed by atoms with Crippen LogP contribution in [0.5, 0.6) is 0 Å². The van der Waals surface area contributed by atoms with Crippen LogP contribution in [0.4, 0.5) is 0 Å². The fourth-order valence-corrected chi connectivity index (χ4v) is 4.17. The molecule has 1 aliphatic heterocycles. The summed E-state index contributed by atoms with van der Waals surface area (Å²) < 4.78 is 5.42. The van der Waals surface area contributed by atoms with Gasteiger partial charge in [-0.1, -0.05) is 12.8 Å². The minimum absolute atomic E-state index is 0.455. The summed E-state index contributed by atoms with van der Waals surface area (Å²) in [7, 11) is 1.84. The summed E-state index contributed by atoms with van der Waals surface area (Å²) in [5.41, 5.74) is 0.455. The molecule has 2 rings (SSSR count). The molecule has 0 unspecified atom stereocenters. The Morgan fingerprint density at radius 1 is 1.31 bits per heavy atom. The maximum atomic E-state index is 5.42. The zero-order valence-corrected chi connectivity index (χ0v) is 11.3. The molecule has 3 heteroatoms. The predicted octanol–water partition coefficient (Wildman–Crippen LogP) is 2.68. The molecule has 16 heavy (non-hydrogen) atoms. The molecule has 2 fully saturated rings. The maximum absolute atomic E-state index is 5.42. The Kier molecular flexibility index (Phi) is 4.98. The van der Waals surface area contributed by atoms with Crippen LogP contribution in [0.25, 0.3) is 0 Å². The van der Waals surface area contributed by atoms with E-state index in [0.29, 0.717) is 5.41 Å². The van der Waals surface area contributed by atoms with Crippen molar-refractivity contribution in [2.75, 3.05) is 31.8 Å². The monoisotopic (exact) mass is 243 g/mol. The second kappa shape index (κ2) is 6.27. The topological polar surface area (TPSA) is 21.3 Å². The van der Waals surface area contributed by atoms with E-state index in [1.54, 1.807) is 0 Å². The quantitative estimate of drug-likeness (QED) is 0.802. The molecule has 0 aromatic carbocycles. The van der Waals surface area contributed by atoms with Crippen LogP contribution < -0.4 is 5.32 Å². The van der Waals surface area contributed by atoms with E-state index in [9.17, 15) is 0 Å². The van der Waals surface area contributed by atoms with E-state index < -0.39 is 0 Å². The Morgan fingerprint density at radius 3 is 2.75 bits per heavy atom. The second-order valence-corrected chi connectivity index (χ2v) is 6.58. The van der Waals surface area contributed by atoms with Crippen molar-refractivity contribution in [2.45, 2.75) is 44.6 Å². The Balaban J connectivity index is 1.76. The smallest absolute Gasteiger partial charge is 0.0530 e. The first-order valence-electron chi connectivity index (χ1n) is 6.65. The van der Waals surface area contributed by atoms with Gasteiger partial charge in [0.25, 0.3) is 0 Å². The van der Waals surface area contributed by atoms with Crippen molar-refractivity contribution < 1.29 is 4.74 Å². The number of hydrogen-bond donors (Lipinski definition) is 1. The average Bonchev–Trinajstić information content (AvgIpc) is 2.78. The van der Waals surface area contributed by atoms with Gasteiger partial charge >= 0.3 is 0 Å². The predicted molar refractivity (Wildman–Crippen MR) is 71.1 cm³/mol. The van der Waals surface area contributed by atoms with Crippen molar-refractivity contribution >= 4 is 11.8 Å². The molecule has 0 bridgehead atoms. The van der Waals surface area contributed by atoms with Gasteiger partial charge < -0.3 is 10.1 Å². The van der Waals surface area contributed by atoms with Gasteiger partial charge in [-0.25, -0.2) is 0 Å². The first-order chi connectivity index (χ1) is 7.85. The van der Waals surface area contributed by atoms with E-state index in [0.717, 1.165) is 12.6 Å². The van der Waals surface area contributed by atoms with Crippen LogP contribution in [-0.2, 0) is 4.74 Å². The number of methoxy groups -OCH3 is 1. The molecule has 0 radical (unpaired) electrons. The van der Waals surface area contributed by atoms with Gasteiger partial charge in [0.2, 0.25) is 0 Å². The summed E-state index contributed by atoms with van der Waals surface area (Å²) in [6, 6.07) is 0.757. The third-order valence-electron chi connectivity index (χ3n) is 4.04. The van der Waals surface area contributed by atoms with Crippen LogP contribution in [0.2, 0.25) is 0 Å². The highest BCUT2D eigenvalue weighted by Gasteiger charge is 2.34. The Hall–Kier alpha value is 0.270. The lowest BCUT2D eigenvalue weighted by Crippen LogP contribution is -2.42. The van der Waals surface area contributed by atoms with Gasteiger partial charge in [0.15, 0.2) is 0 Å². The van der Waals surface area contributed by atoms with Gasteiger partial charge in [0, 0.05) is 30.9 Å². The van der Waals surface area contributed by atoms with E-state index in [-0.39, 0.29) is 0 Å². The van der Waals surface area contributed by atoms with Crippen LogP contribution in [-0.4, -0.2) is 37.8 Å². The fraction of sp³-hybridized carbons (Fsp3) is 1.00. The lowest BCUT2D eigenvalue weighted by atomic mass is 9.87. The highest BCUT2D eigenvalue weighted by molar-refractivity contribution is 7.99. The minimum atomic E-state index is 0.455. The van der Waals surface area contributed by atoms with Crippen molar-refractivity contribution in [2.24, 2.45) is 5.41 Å². The highest BCUT2D eigenvalue weighted by Crippen LogP contribution is 2.38. The Labute approximate surface area is 104 Å². The Morgan fingerprint density at radius 2 is 2.12 bits per heavy atom. The molecular weight excluding hydrogens is 218 g/mol. The van der Waals surface area contributed by atoms with Crippen LogP contribution in [0.15, 0.2) is 0 Å². The summed E-state index contributed by atoms with van der Waals surface area (Å²) in [6.45, 7) is 2.12. The molecule has 94 valence electrons. The molecule has 0 spiro atoms. The number of nitrogens with one attached hydrogen (secondary N) is 1. The van der Waals surface area contributed by atoms with E-state index >= 15 is 0 Å².